The van der Waals surface area contributed by atoms with Crippen LogP contribution in [0, 0.1) is 17.4 Å². The highest BCUT2D eigenvalue weighted by Crippen LogP contribution is 2.28. The van der Waals surface area contributed by atoms with Gasteiger partial charge in [-0.1, -0.05) is 23.2 Å². The van der Waals surface area contributed by atoms with Crippen molar-refractivity contribution in [2.45, 2.75) is 26.9 Å². The first-order valence-corrected chi connectivity index (χ1v) is 8.80. The Hall–Kier alpha value is -0.980. The number of amides is 1. The van der Waals surface area contributed by atoms with Crippen molar-refractivity contribution in [1.29, 1.82) is 0 Å². The number of hydrogen-bond acceptors (Lipinski definition) is 2. The monoisotopic (exact) mass is 463 g/mol. The minimum Gasteiger partial charge on any atom is -0.479 e. The summed E-state index contributed by atoms with van der Waals surface area (Å²) in [6.07, 6.45) is -0.687. The van der Waals surface area contributed by atoms with Crippen LogP contribution in [0.3, 0.4) is 0 Å². The molecule has 0 aromatic heterocycles. The van der Waals surface area contributed by atoms with E-state index in [9.17, 15) is 4.79 Å². The van der Waals surface area contributed by atoms with Crippen LogP contribution in [0.25, 0.3) is 0 Å². The van der Waals surface area contributed by atoms with Crippen molar-refractivity contribution in [2.75, 3.05) is 5.32 Å². The van der Waals surface area contributed by atoms with Crippen LogP contribution in [0.2, 0.25) is 10.0 Å². The van der Waals surface area contributed by atoms with Gasteiger partial charge in [-0.2, -0.15) is 0 Å². The van der Waals surface area contributed by atoms with Gasteiger partial charge in [0.2, 0.25) is 0 Å². The average Bonchev–Trinajstić information content (AvgIpc) is 2.47. The van der Waals surface area contributed by atoms with Gasteiger partial charge < -0.3 is 10.1 Å². The van der Waals surface area contributed by atoms with Gasteiger partial charge >= 0.3 is 0 Å². The molecule has 0 fully saturated rings. The highest BCUT2D eigenvalue weighted by Gasteiger charge is 2.17. The average molecular weight is 464 g/mol. The van der Waals surface area contributed by atoms with E-state index in [0.29, 0.717) is 15.8 Å². The molecule has 0 spiro atoms. The molecule has 0 saturated heterocycles. The lowest BCUT2D eigenvalue weighted by molar-refractivity contribution is -0.122. The lowest BCUT2D eigenvalue weighted by Crippen LogP contribution is -2.30. The highest BCUT2D eigenvalue weighted by atomic mass is 127. The number of halogens is 3. The van der Waals surface area contributed by atoms with Gasteiger partial charge in [0.25, 0.3) is 5.91 Å². The molecule has 1 amide bonds. The van der Waals surface area contributed by atoms with Gasteiger partial charge in [0, 0.05) is 14.3 Å². The number of hydrogen-bond donors (Lipinski definition) is 1. The molecule has 0 aliphatic carbocycles. The van der Waals surface area contributed by atoms with Crippen LogP contribution in [0.5, 0.6) is 5.75 Å². The molecule has 0 aliphatic rings. The Morgan fingerprint density at radius 3 is 2.35 bits per heavy atom. The molecule has 0 radical (unpaired) electrons. The number of rotatable bonds is 4. The predicted molar refractivity (Wildman–Crippen MR) is 104 cm³/mol. The van der Waals surface area contributed by atoms with E-state index in [1.165, 1.54) is 3.57 Å². The normalized spacial score (nSPS) is 11.9. The van der Waals surface area contributed by atoms with E-state index < -0.39 is 6.10 Å². The Morgan fingerprint density at radius 1 is 1.17 bits per heavy atom. The van der Waals surface area contributed by atoms with E-state index in [-0.39, 0.29) is 5.91 Å². The first-order valence-electron chi connectivity index (χ1n) is 6.97. The molecule has 2 aromatic rings. The molecule has 0 unspecified atom stereocenters. The van der Waals surface area contributed by atoms with Gasteiger partial charge in [0.1, 0.15) is 5.75 Å². The molecule has 6 heteroatoms. The van der Waals surface area contributed by atoms with Gasteiger partial charge in [-0.3, -0.25) is 4.79 Å². The van der Waals surface area contributed by atoms with Crippen LogP contribution < -0.4 is 10.1 Å². The Labute approximate surface area is 159 Å². The second-order valence-electron chi connectivity index (χ2n) is 5.25. The van der Waals surface area contributed by atoms with Gasteiger partial charge in [0.15, 0.2) is 6.10 Å². The first kappa shape index (κ1) is 18.4. The fourth-order valence-corrected chi connectivity index (χ4v) is 2.84. The summed E-state index contributed by atoms with van der Waals surface area (Å²) in [6, 6.07) is 8.77. The summed E-state index contributed by atoms with van der Waals surface area (Å²) in [6.45, 7) is 5.70. The Morgan fingerprint density at radius 2 is 1.78 bits per heavy atom. The van der Waals surface area contributed by atoms with E-state index in [1.54, 1.807) is 25.1 Å². The van der Waals surface area contributed by atoms with E-state index in [1.807, 2.05) is 26.0 Å². The van der Waals surface area contributed by atoms with Crippen LogP contribution >= 0.6 is 45.8 Å². The molecule has 3 nitrogen and oxygen atoms in total. The van der Waals surface area contributed by atoms with Gasteiger partial charge in [0.05, 0.1) is 5.02 Å². The molecule has 0 heterocycles. The van der Waals surface area contributed by atoms with Crippen molar-refractivity contribution in [3.8, 4) is 5.75 Å². The zero-order valence-corrected chi connectivity index (χ0v) is 16.6. The molecule has 1 N–H and O–H groups in total. The lowest BCUT2D eigenvalue weighted by atomic mass is 10.1. The molecular formula is C17H16Cl2INO2. The minimum atomic E-state index is -0.687. The second kappa shape index (κ2) is 7.73. The predicted octanol–water partition coefficient (Wildman–Crippen LogP) is 5.62. The maximum absolute atomic E-state index is 12.3. The van der Waals surface area contributed by atoms with E-state index in [4.69, 9.17) is 27.9 Å². The molecule has 122 valence electrons. The maximum Gasteiger partial charge on any atom is 0.265 e. The number of anilines is 1. The van der Waals surface area contributed by atoms with Crippen LogP contribution in [-0.4, -0.2) is 12.0 Å². The molecule has 0 aliphatic heterocycles. The third-order valence-electron chi connectivity index (χ3n) is 3.27. The molecule has 2 aromatic carbocycles. The van der Waals surface area contributed by atoms with Gasteiger partial charge in [-0.15, -0.1) is 0 Å². The number of carbonyl (C=O) groups excluding carboxylic acids is 1. The van der Waals surface area contributed by atoms with Crippen molar-refractivity contribution in [3.05, 3.63) is 55.1 Å². The summed E-state index contributed by atoms with van der Waals surface area (Å²) in [7, 11) is 0. The molecule has 23 heavy (non-hydrogen) atoms. The molecular weight excluding hydrogens is 448 g/mol. The summed E-state index contributed by atoms with van der Waals surface area (Å²) >= 11 is 14.2. The molecule has 0 saturated carbocycles. The SMILES string of the molecule is Cc1cc(NC(=O)[C@@H](C)Oc2ccc(Cl)cc2Cl)cc(C)c1I. The second-order valence-corrected chi connectivity index (χ2v) is 7.17. The zero-order chi connectivity index (χ0) is 17.1. The van der Waals surface area contributed by atoms with Crippen LogP contribution in [-0.2, 0) is 4.79 Å². The number of benzene rings is 2. The summed E-state index contributed by atoms with van der Waals surface area (Å²) in [4.78, 5) is 12.3. The number of aryl methyl sites for hydroxylation is 2. The van der Waals surface area contributed by atoms with Crippen molar-refractivity contribution in [2.24, 2.45) is 0 Å². The van der Waals surface area contributed by atoms with Crippen molar-refractivity contribution < 1.29 is 9.53 Å². The summed E-state index contributed by atoms with van der Waals surface area (Å²) in [5, 5.41) is 3.76. The number of carbonyl (C=O) groups is 1. The lowest BCUT2D eigenvalue weighted by Gasteiger charge is -2.16. The summed E-state index contributed by atoms with van der Waals surface area (Å²) in [5.74, 6) is 0.185. The van der Waals surface area contributed by atoms with Gasteiger partial charge in [-0.05, 0) is 84.8 Å². The molecule has 0 bridgehead atoms. The van der Waals surface area contributed by atoms with Crippen LogP contribution in [0.4, 0.5) is 5.69 Å². The van der Waals surface area contributed by atoms with Gasteiger partial charge in [-0.25, -0.2) is 0 Å². The Balaban J connectivity index is 2.08. The zero-order valence-electron chi connectivity index (χ0n) is 12.9. The molecule has 2 rings (SSSR count). The Kier molecular flexibility index (Phi) is 6.17. The fourth-order valence-electron chi connectivity index (χ4n) is 2.08. The number of ether oxygens (including phenoxy) is 1. The summed E-state index contributed by atoms with van der Waals surface area (Å²) < 4.78 is 6.81. The topological polar surface area (TPSA) is 38.3 Å². The van der Waals surface area contributed by atoms with Crippen molar-refractivity contribution in [1.82, 2.24) is 0 Å². The minimum absolute atomic E-state index is 0.240. The summed E-state index contributed by atoms with van der Waals surface area (Å²) in [5.41, 5.74) is 2.99. The third kappa shape index (κ3) is 4.75. The third-order valence-corrected chi connectivity index (χ3v) is 5.50. The molecule has 1 atom stereocenters. The van der Waals surface area contributed by atoms with Crippen LogP contribution in [0.15, 0.2) is 30.3 Å². The Bertz CT molecular complexity index is 726. The largest absolute Gasteiger partial charge is 0.479 e. The fraction of sp³-hybridized carbons (Fsp3) is 0.235. The van der Waals surface area contributed by atoms with Crippen molar-refractivity contribution >= 4 is 57.4 Å². The highest BCUT2D eigenvalue weighted by molar-refractivity contribution is 14.1. The standard InChI is InChI=1S/C17H16Cl2INO2/c1-9-6-13(7-10(2)16(9)20)21-17(22)11(3)23-15-5-4-12(18)8-14(15)19/h4-8,11H,1-3H3,(H,21,22)/t11-/m1/s1. The smallest absolute Gasteiger partial charge is 0.265 e. The van der Waals surface area contributed by atoms with E-state index in [2.05, 4.69) is 27.9 Å². The quantitative estimate of drug-likeness (QED) is 0.597. The van der Waals surface area contributed by atoms with E-state index in [0.717, 1.165) is 16.8 Å². The number of nitrogens with one attached hydrogen (secondary N) is 1. The first-order chi connectivity index (χ1) is 10.8. The van der Waals surface area contributed by atoms with Crippen molar-refractivity contribution in [3.63, 3.8) is 0 Å². The van der Waals surface area contributed by atoms with E-state index >= 15 is 0 Å². The maximum atomic E-state index is 12.3. The van der Waals surface area contributed by atoms with Crippen LogP contribution in [0.1, 0.15) is 18.1 Å².